The molecule has 0 atom stereocenters. The van der Waals surface area contributed by atoms with Crippen LogP contribution in [0.4, 0.5) is 0 Å². The number of rotatable bonds is 8. The molecule has 0 amide bonds. The zero-order chi connectivity index (χ0) is 39.9. The summed E-state index contributed by atoms with van der Waals surface area (Å²) in [5.41, 5.74) is 14.3. The van der Waals surface area contributed by atoms with Crippen LogP contribution in [0.2, 0.25) is 17.3 Å². The van der Waals surface area contributed by atoms with Crippen LogP contribution < -0.4 is 4.40 Å². The predicted octanol–water partition coefficient (Wildman–Crippen LogP) is 12.9. The second-order valence-electron chi connectivity index (χ2n) is 17.2. The number of furan rings is 1. The average Bonchev–Trinajstić information content (AvgIpc) is 3.74. The predicted molar refractivity (Wildman–Crippen MR) is 238 cm³/mol. The van der Waals surface area contributed by atoms with Crippen molar-refractivity contribution in [3.63, 3.8) is 0 Å². The molecule has 5 nitrogen and oxygen atoms in total. The van der Waals surface area contributed by atoms with Gasteiger partial charge in [0.05, 0.1) is 28.6 Å². The van der Waals surface area contributed by atoms with E-state index >= 15 is 0 Å². The van der Waals surface area contributed by atoms with Crippen LogP contribution in [0.15, 0.2) is 102 Å². The molecule has 0 spiro atoms. The molecule has 0 fully saturated rings. The molecule has 0 unspecified atom stereocenters. The van der Waals surface area contributed by atoms with Crippen LogP contribution >= 0.6 is 0 Å². The number of benzene rings is 4. The Morgan fingerprint density at radius 1 is 0.772 bits per heavy atom. The number of hydrogen-bond donors (Lipinski definition) is 0. The molecule has 4 heterocycles. The molecule has 0 aliphatic heterocycles. The number of aryl methyl sites for hydroxylation is 2. The summed E-state index contributed by atoms with van der Waals surface area (Å²) in [6.07, 6.45) is 7.06. The Hall–Kier alpha value is -4.36. The quantitative estimate of drug-likeness (QED) is 0.112. The average molecular weight is 992 g/mol. The minimum atomic E-state index is -1.86. The number of hydrogen-bond acceptors (Lipinski definition) is 4. The zero-order valence-corrected chi connectivity index (χ0v) is 39.7. The van der Waals surface area contributed by atoms with Crippen molar-refractivity contribution in [2.24, 2.45) is 5.92 Å². The standard InChI is InChI=1S/C32H30N3O.C18H24GeN.Ir/c1-18(2)25-14-20(5)15-26(19(3)4)30(25)35-29-21(6)16-33-17-27(29)34-32(35)24-12-9-11-23-22-10-7-8-13-28(22)36-31(23)24;1-14(2)11-16-12-18(15-9-7-6-8-10-15)20-13-17(16)19(3,4)5;/h7-11,13-19H,1-6H3;6-9,12-14H,11H2,1-5H3;/q2*-1;. The van der Waals surface area contributed by atoms with Crippen molar-refractivity contribution < 1.29 is 24.5 Å². The summed E-state index contributed by atoms with van der Waals surface area (Å²) in [4.78, 5) is 14.3. The SMILES string of the molecule is CC(C)Cc1cc(-c2[c-]cccc2)nc[c]1[Ge]([CH3])([CH3])[CH3].Cc1cc(C(C)C)c(-n2c(-c3[c-]ccc4c3oc3ccccc34)nc3cncc(C)c32)c(C(C)C)c1.[Ir]. The van der Waals surface area contributed by atoms with Crippen molar-refractivity contribution in [1.82, 2.24) is 19.5 Å². The van der Waals surface area contributed by atoms with E-state index in [1.165, 1.54) is 27.9 Å². The van der Waals surface area contributed by atoms with E-state index in [4.69, 9.17) is 14.4 Å². The normalized spacial score (nSPS) is 11.8. The number of nitrogens with zero attached hydrogens (tertiary/aromatic N) is 4. The zero-order valence-electron chi connectivity index (χ0n) is 35.2. The Morgan fingerprint density at radius 3 is 2.12 bits per heavy atom. The topological polar surface area (TPSA) is 56.7 Å². The molecule has 0 bridgehead atoms. The number of imidazole rings is 1. The molecule has 295 valence electrons. The van der Waals surface area contributed by atoms with Crippen LogP contribution in [-0.2, 0) is 26.5 Å². The molecule has 0 aliphatic rings. The van der Waals surface area contributed by atoms with Gasteiger partial charge in [-0.1, -0.05) is 74.5 Å². The molecule has 8 aromatic rings. The van der Waals surface area contributed by atoms with Crippen molar-refractivity contribution in [2.75, 3.05) is 0 Å². The third kappa shape index (κ3) is 8.60. The van der Waals surface area contributed by atoms with Crippen LogP contribution in [0.1, 0.15) is 81.2 Å². The van der Waals surface area contributed by atoms with E-state index in [2.05, 4.69) is 137 Å². The van der Waals surface area contributed by atoms with Gasteiger partial charge in [0, 0.05) is 37.4 Å². The van der Waals surface area contributed by atoms with Crippen molar-refractivity contribution in [3.8, 4) is 28.3 Å². The van der Waals surface area contributed by atoms with E-state index in [1.54, 1.807) is 4.40 Å². The first-order chi connectivity index (χ1) is 26.7. The van der Waals surface area contributed by atoms with Crippen molar-refractivity contribution in [3.05, 3.63) is 137 Å². The Kier molecular flexibility index (Phi) is 12.8. The first-order valence-electron chi connectivity index (χ1n) is 20.0. The third-order valence-electron chi connectivity index (χ3n) is 10.5. The molecule has 4 aromatic carbocycles. The van der Waals surface area contributed by atoms with Gasteiger partial charge < -0.3 is 8.98 Å². The third-order valence-corrected chi connectivity index (χ3v) is 14.8. The van der Waals surface area contributed by atoms with Crippen molar-refractivity contribution in [1.29, 1.82) is 0 Å². The Balaban J connectivity index is 0.000000223. The van der Waals surface area contributed by atoms with Crippen LogP contribution in [0.3, 0.4) is 0 Å². The maximum atomic E-state index is 6.43. The molecule has 0 N–H and O–H groups in total. The smallest absolute Gasteiger partial charge is 0.120 e. The van der Waals surface area contributed by atoms with E-state index in [1.807, 2.05) is 54.9 Å². The summed E-state index contributed by atoms with van der Waals surface area (Å²) < 4.78 is 10.3. The number of pyridine rings is 2. The van der Waals surface area contributed by atoms with Gasteiger partial charge in [0.1, 0.15) is 5.58 Å². The Morgan fingerprint density at radius 2 is 1.47 bits per heavy atom. The number of fused-ring (bicyclic) bond motifs is 4. The van der Waals surface area contributed by atoms with Gasteiger partial charge >= 0.3 is 126 Å². The molecule has 7 heteroatoms. The van der Waals surface area contributed by atoms with Gasteiger partial charge in [-0.3, -0.25) is 9.97 Å². The van der Waals surface area contributed by atoms with Crippen LogP contribution in [0, 0.1) is 31.9 Å². The van der Waals surface area contributed by atoms with Gasteiger partial charge in [-0.2, -0.15) is 0 Å². The summed E-state index contributed by atoms with van der Waals surface area (Å²) >= 11 is -1.86. The minimum absolute atomic E-state index is 0. The van der Waals surface area contributed by atoms with E-state index in [9.17, 15) is 0 Å². The monoisotopic (exact) mass is 993 g/mol. The largest absolute Gasteiger partial charge is 0.501 e. The summed E-state index contributed by atoms with van der Waals surface area (Å²) in [6.45, 7) is 17.9. The second-order valence-corrected chi connectivity index (χ2v) is 27.8. The molecule has 57 heavy (non-hydrogen) atoms. The molecule has 8 rings (SSSR count). The first-order valence-corrected chi connectivity index (χ1v) is 27.3. The van der Waals surface area contributed by atoms with Gasteiger partial charge in [-0.05, 0) is 48.4 Å². The van der Waals surface area contributed by atoms with Gasteiger partial charge in [-0.25, -0.2) is 0 Å². The fourth-order valence-electron chi connectivity index (χ4n) is 7.88. The maximum Gasteiger partial charge on any atom is 0.120 e. The van der Waals surface area contributed by atoms with E-state index < -0.39 is 13.3 Å². The molecule has 0 saturated heterocycles. The molecular formula is C50H54GeIrN4O-2. The van der Waals surface area contributed by atoms with E-state index in [-0.39, 0.29) is 20.1 Å². The first kappa shape index (κ1) is 42.3. The van der Waals surface area contributed by atoms with Gasteiger partial charge in [-0.15, -0.1) is 18.2 Å². The van der Waals surface area contributed by atoms with E-state index in [0.717, 1.165) is 67.6 Å². The molecule has 0 saturated carbocycles. The van der Waals surface area contributed by atoms with Crippen molar-refractivity contribution >= 4 is 50.6 Å². The van der Waals surface area contributed by atoms with Crippen LogP contribution in [0.5, 0.6) is 0 Å². The molecule has 1 radical (unpaired) electrons. The molecule has 0 aliphatic carbocycles. The minimum Gasteiger partial charge on any atom is -0.501 e. The van der Waals surface area contributed by atoms with Gasteiger partial charge in [0.25, 0.3) is 0 Å². The summed E-state index contributed by atoms with van der Waals surface area (Å²) in [5.74, 6) is 9.51. The fraction of sp³-hybridized carbons (Fsp3) is 0.300. The Labute approximate surface area is 355 Å². The maximum absolute atomic E-state index is 6.43. The van der Waals surface area contributed by atoms with Crippen molar-refractivity contribution in [2.45, 2.75) is 90.9 Å². The second kappa shape index (κ2) is 17.2. The summed E-state index contributed by atoms with van der Waals surface area (Å²) in [7, 11) is 0. The molecule has 4 aromatic heterocycles. The van der Waals surface area contributed by atoms with Gasteiger partial charge in [0.2, 0.25) is 0 Å². The summed E-state index contributed by atoms with van der Waals surface area (Å²) in [6, 6.07) is 34.0. The number of aromatic nitrogens is 4. The fourth-order valence-corrected chi connectivity index (χ4v) is 11.2. The number of para-hydroxylation sites is 1. The van der Waals surface area contributed by atoms with Crippen LogP contribution in [-0.4, -0.2) is 32.8 Å². The van der Waals surface area contributed by atoms with Gasteiger partial charge in [0.15, 0.2) is 0 Å². The van der Waals surface area contributed by atoms with E-state index in [0.29, 0.717) is 17.8 Å². The van der Waals surface area contributed by atoms with Crippen LogP contribution in [0.25, 0.3) is 61.3 Å². The molecular weight excluding hydrogens is 937 g/mol. The Bertz CT molecular complexity index is 2640. The summed E-state index contributed by atoms with van der Waals surface area (Å²) in [5, 5.41) is 2.18.